The second-order valence-corrected chi connectivity index (χ2v) is 7.21. The highest BCUT2D eigenvalue weighted by Gasteiger charge is 2.23. The zero-order valence-electron chi connectivity index (χ0n) is 15.7. The lowest BCUT2D eigenvalue weighted by atomic mass is 9.90. The van der Waals surface area contributed by atoms with E-state index in [1.165, 1.54) is 16.3 Å². The molecular formula is C22H23N3O3. The van der Waals surface area contributed by atoms with E-state index < -0.39 is 0 Å². The van der Waals surface area contributed by atoms with Crippen molar-refractivity contribution in [2.75, 3.05) is 13.1 Å². The van der Waals surface area contributed by atoms with Crippen molar-refractivity contribution in [1.82, 2.24) is 14.7 Å². The van der Waals surface area contributed by atoms with E-state index in [0.717, 1.165) is 32.4 Å². The first kappa shape index (κ1) is 18.2. The lowest BCUT2D eigenvalue weighted by molar-refractivity contribution is -0.133. The maximum absolute atomic E-state index is 12.7. The molecular weight excluding hydrogens is 354 g/mol. The molecule has 0 N–H and O–H groups in total. The maximum atomic E-state index is 12.7. The van der Waals surface area contributed by atoms with E-state index in [2.05, 4.69) is 29.4 Å². The molecule has 1 fully saturated rings. The van der Waals surface area contributed by atoms with Gasteiger partial charge < -0.3 is 9.32 Å². The number of likely N-dealkylation sites (tertiary alicyclic amines) is 1. The van der Waals surface area contributed by atoms with Crippen LogP contribution in [0.1, 0.15) is 18.4 Å². The van der Waals surface area contributed by atoms with Crippen LogP contribution in [0.4, 0.5) is 0 Å². The molecule has 1 aliphatic heterocycles. The molecule has 3 aromatic rings. The number of nitrogens with zero attached hydrogens (tertiary/aromatic N) is 3. The highest BCUT2D eigenvalue weighted by Crippen LogP contribution is 2.22. The lowest BCUT2D eigenvalue weighted by Gasteiger charge is -2.32. The molecule has 1 aromatic carbocycles. The van der Waals surface area contributed by atoms with Crippen LogP contribution in [0.3, 0.4) is 0 Å². The van der Waals surface area contributed by atoms with E-state index in [-0.39, 0.29) is 18.0 Å². The predicted octanol–water partition coefficient (Wildman–Crippen LogP) is 2.98. The van der Waals surface area contributed by atoms with Gasteiger partial charge in [0.1, 0.15) is 12.2 Å². The third-order valence-corrected chi connectivity index (χ3v) is 5.26. The molecule has 3 heterocycles. The van der Waals surface area contributed by atoms with Gasteiger partial charge in [-0.15, -0.1) is 0 Å². The fourth-order valence-electron chi connectivity index (χ4n) is 3.68. The first-order valence-corrected chi connectivity index (χ1v) is 9.63. The number of carbonyl (C=O) groups is 1. The van der Waals surface area contributed by atoms with E-state index in [9.17, 15) is 9.59 Å². The fraction of sp³-hybridized carbons (Fsp3) is 0.318. The van der Waals surface area contributed by atoms with Crippen molar-refractivity contribution in [3.05, 3.63) is 76.8 Å². The van der Waals surface area contributed by atoms with Crippen molar-refractivity contribution >= 4 is 5.91 Å². The van der Waals surface area contributed by atoms with Crippen LogP contribution < -0.4 is 5.56 Å². The molecule has 6 nitrogen and oxygen atoms in total. The highest BCUT2D eigenvalue weighted by molar-refractivity contribution is 5.76. The number of piperidine rings is 1. The summed E-state index contributed by atoms with van der Waals surface area (Å²) in [6, 6.07) is 17.0. The van der Waals surface area contributed by atoms with Gasteiger partial charge in [0.25, 0.3) is 5.56 Å². The first-order chi connectivity index (χ1) is 13.7. The van der Waals surface area contributed by atoms with E-state index in [0.29, 0.717) is 17.4 Å². The summed E-state index contributed by atoms with van der Waals surface area (Å²) in [5.41, 5.74) is 1.60. The average molecular weight is 377 g/mol. The van der Waals surface area contributed by atoms with Crippen LogP contribution in [0.15, 0.2) is 70.1 Å². The van der Waals surface area contributed by atoms with Crippen LogP contribution >= 0.6 is 0 Å². The normalized spacial score (nSPS) is 14.9. The second-order valence-electron chi connectivity index (χ2n) is 7.21. The van der Waals surface area contributed by atoms with Crippen molar-refractivity contribution in [3.8, 4) is 11.5 Å². The topological polar surface area (TPSA) is 68.3 Å². The minimum atomic E-state index is -0.289. The van der Waals surface area contributed by atoms with Crippen molar-refractivity contribution in [2.45, 2.75) is 25.8 Å². The Balaban J connectivity index is 1.36. The van der Waals surface area contributed by atoms with Gasteiger partial charge in [-0.25, -0.2) is 4.68 Å². The van der Waals surface area contributed by atoms with Crippen molar-refractivity contribution in [3.63, 3.8) is 0 Å². The average Bonchev–Trinajstić information content (AvgIpc) is 3.26. The van der Waals surface area contributed by atoms with Gasteiger partial charge >= 0.3 is 0 Å². The number of aromatic nitrogens is 2. The monoisotopic (exact) mass is 377 g/mol. The Bertz CT molecular complexity index is 972. The Morgan fingerprint density at radius 1 is 1.04 bits per heavy atom. The number of hydrogen-bond acceptors (Lipinski definition) is 4. The number of amides is 1. The maximum Gasteiger partial charge on any atom is 0.267 e. The molecule has 4 rings (SSSR count). The molecule has 144 valence electrons. The molecule has 0 atom stereocenters. The van der Waals surface area contributed by atoms with E-state index >= 15 is 0 Å². The van der Waals surface area contributed by atoms with Gasteiger partial charge in [0, 0.05) is 19.2 Å². The standard InChI is InChI=1S/C22H23N3O3/c26-21-9-8-19(20-7-4-14-28-20)23-25(21)16-22(27)24-12-10-18(11-13-24)15-17-5-2-1-3-6-17/h1-9,14,18H,10-13,15-16H2. The summed E-state index contributed by atoms with van der Waals surface area (Å²) in [7, 11) is 0. The van der Waals surface area contributed by atoms with E-state index in [1.54, 1.807) is 24.5 Å². The Labute approximate surface area is 163 Å². The molecule has 0 radical (unpaired) electrons. The number of carbonyl (C=O) groups excluding carboxylic acids is 1. The number of benzene rings is 1. The van der Waals surface area contributed by atoms with Crippen LogP contribution in [0, 0.1) is 5.92 Å². The third kappa shape index (κ3) is 4.22. The smallest absolute Gasteiger partial charge is 0.267 e. The van der Waals surface area contributed by atoms with E-state index in [4.69, 9.17) is 4.42 Å². The van der Waals surface area contributed by atoms with Crippen molar-refractivity contribution < 1.29 is 9.21 Å². The number of rotatable bonds is 5. The molecule has 2 aromatic heterocycles. The van der Waals surface area contributed by atoms with Crippen LogP contribution in [0.5, 0.6) is 0 Å². The largest absolute Gasteiger partial charge is 0.463 e. The van der Waals surface area contributed by atoms with Gasteiger partial charge in [-0.2, -0.15) is 5.10 Å². The van der Waals surface area contributed by atoms with Crippen LogP contribution in [0.25, 0.3) is 11.5 Å². The SMILES string of the molecule is O=C(Cn1nc(-c2ccco2)ccc1=O)N1CCC(Cc2ccccc2)CC1. The molecule has 6 heteroatoms. The van der Waals surface area contributed by atoms with Gasteiger partial charge in [0.05, 0.1) is 6.26 Å². The van der Waals surface area contributed by atoms with Gasteiger partial charge in [0.2, 0.25) is 5.91 Å². The summed E-state index contributed by atoms with van der Waals surface area (Å²) in [5, 5.41) is 4.28. The summed E-state index contributed by atoms with van der Waals surface area (Å²) in [6.07, 6.45) is 4.57. The Hall–Kier alpha value is -3.15. The minimum absolute atomic E-state index is 0.0449. The third-order valence-electron chi connectivity index (χ3n) is 5.26. The summed E-state index contributed by atoms with van der Waals surface area (Å²) >= 11 is 0. The number of hydrogen-bond donors (Lipinski definition) is 0. The molecule has 0 spiro atoms. The van der Waals surface area contributed by atoms with Crippen molar-refractivity contribution in [1.29, 1.82) is 0 Å². The van der Waals surface area contributed by atoms with E-state index in [1.807, 2.05) is 11.0 Å². The van der Waals surface area contributed by atoms with Gasteiger partial charge in [0.15, 0.2) is 5.76 Å². The van der Waals surface area contributed by atoms with Gasteiger partial charge in [-0.05, 0) is 48.9 Å². The predicted molar refractivity (Wildman–Crippen MR) is 106 cm³/mol. The molecule has 0 bridgehead atoms. The van der Waals surface area contributed by atoms with Crippen molar-refractivity contribution in [2.24, 2.45) is 5.92 Å². The van der Waals surface area contributed by atoms with Gasteiger partial charge in [-0.1, -0.05) is 30.3 Å². The zero-order valence-corrected chi connectivity index (χ0v) is 15.7. The number of furan rings is 1. The molecule has 1 amide bonds. The fourth-order valence-corrected chi connectivity index (χ4v) is 3.68. The summed E-state index contributed by atoms with van der Waals surface area (Å²) in [6.45, 7) is 1.41. The van der Waals surface area contributed by atoms with Crippen LogP contribution in [-0.2, 0) is 17.8 Å². The molecule has 0 aliphatic carbocycles. The molecule has 28 heavy (non-hydrogen) atoms. The van der Waals surface area contributed by atoms with Crippen LogP contribution in [-0.4, -0.2) is 33.7 Å². The molecule has 0 saturated carbocycles. The molecule has 0 unspecified atom stereocenters. The summed E-state index contributed by atoms with van der Waals surface area (Å²) in [4.78, 5) is 26.6. The lowest BCUT2D eigenvalue weighted by Crippen LogP contribution is -2.42. The van der Waals surface area contributed by atoms with Crippen LogP contribution in [0.2, 0.25) is 0 Å². The Morgan fingerprint density at radius 2 is 1.82 bits per heavy atom. The summed E-state index contributed by atoms with van der Waals surface area (Å²) in [5.74, 6) is 1.10. The Morgan fingerprint density at radius 3 is 2.54 bits per heavy atom. The zero-order chi connectivity index (χ0) is 19.3. The molecule has 1 saturated heterocycles. The Kier molecular flexibility index (Phi) is 5.37. The molecule has 1 aliphatic rings. The first-order valence-electron chi connectivity index (χ1n) is 9.63. The second kappa shape index (κ2) is 8.25. The van der Waals surface area contributed by atoms with Gasteiger partial charge in [-0.3, -0.25) is 9.59 Å². The minimum Gasteiger partial charge on any atom is -0.463 e. The highest BCUT2D eigenvalue weighted by atomic mass is 16.3. The quantitative estimate of drug-likeness (QED) is 0.685. The summed E-state index contributed by atoms with van der Waals surface area (Å²) < 4.78 is 6.54.